The minimum atomic E-state index is -0.0297. The average molecular weight is 318 g/mol. The number of carbonyl (C=O) groups excluding carboxylic acids is 2. The van der Waals surface area contributed by atoms with Gasteiger partial charge in [0.05, 0.1) is 6.54 Å². The molecule has 0 N–H and O–H groups in total. The van der Waals surface area contributed by atoms with Gasteiger partial charge in [0, 0.05) is 26.1 Å². The SMILES string of the molecule is CCCCCN(CC(=O)N(Cc1ccccc1)C(C)C)C(C)=O. The first-order chi connectivity index (χ1) is 11.0. The normalized spacial score (nSPS) is 10.7. The zero-order chi connectivity index (χ0) is 17.2. The summed E-state index contributed by atoms with van der Waals surface area (Å²) in [5.41, 5.74) is 1.11. The number of hydrogen-bond acceptors (Lipinski definition) is 2. The van der Waals surface area contributed by atoms with Crippen LogP contribution >= 0.6 is 0 Å². The number of hydrogen-bond donors (Lipinski definition) is 0. The van der Waals surface area contributed by atoms with E-state index in [1.54, 1.807) is 4.90 Å². The Morgan fingerprint density at radius 2 is 1.74 bits per heavy atom. The molecular weight excluding hydrogens is 288 g/mol. The van der Waals surface area contributed by atoms with Crippen LogP contribution in [0, 0.1) is 0 Å². The van der Waals surface area contributed by atoms with Gasteiger partial charge in [-0.3, -0.25) is 9.59 Å². The van der Waals surface area contributed by atoms with Crippen LogP contribution in [0.3, 0.4) is 0 Å². The molecule has 0 saturated carbocycles. The van der Waals surface area contributed by atoms with E-state index < -0.39 is 0 Å². The largest absolute Gasteiger partial charge is 0.334 e. The predicted molar refractivity (Wildman–Crippen MR) is 93.9 cm³/mol. The van der Waals surface area contributed by atoms with Crippen LogP contribution in [0.15, 0.2) is 30.3 Å². The van der Waals surface area contributed by atoms with Gasteiger partial charge in [0.1, 0.15) is 0 Å². The van der Waals surface area contributed by atoms with E-state index in [0.717, 1.165) is 24.8 Å². The Labute approximate surface area is 140 Å². The smallest absolute Gasteiger partial charge is 0.242 e. The second-order valence-electron chi connectivity index (χ2n) is 6.25. The lowest BCUT2D eigenvalue weighted by Gasteiger charge is -2.30. The molecule has 0 saturated heterocycles. The van der Waals surface area contributed by atoms with Crippen LogP contribution in [0.5, 0.6) is 0 Å². The minimum Gasteiger partial charge on any atom is -0.334 e. The maximum atomic E-state index is 12.7. The van der Waals surface area contributed by atoms with Crippen molar-refractivity contribution < 1.29 is 9.59 Å². The molecule has 0 fully saturated rings. The molecule has 1 rings (SSSR count). The molecule has 0 bridgehead atoms. The second kappa shape index (κ2) is 10.0. The summed E-state index contributed by atoms with van der Waals surface area (Å²) in [7, 11) is 0. The van der Waals surface area contributed by atoms with Gasteiger partial charge in [-0.2, -0.15) is 0 Å². The molecule has 128 valence electrons. The lowest BCUT2D eigenvalue weighted by atomic mass is 10.2. The molecule has 0 atom stereocenters. The fourth-order valence-corrected chi connectivity index (χ4v) is 2.49. The quantitative estimate of drug-likeness (QED) is 0.654. The molecular formula is C19H30N2O2. The van der Waals surface area contributed by atoms with E-state index in [4.69, 9.17) is 0 Å². The molecule has 0 heterocycles. The molecule has 0 radical (unpaired) electrons. The summed E-state index contributed by atoms with van der Waals surface area (Å²) in [5.74, 6) is -0.0200. The highest BCUT2D eigenvalue weighted by atomic mass is 16.2. The fraction of sp³-hybridized carbons (Fsp3) is 0.579. The van der Waals surface area contributed by atoms with Gasteiger partial charge in [0.2, 0.25) is 11.8 Å². The Hall–Kier alpha value is -1.84. The van der Waals surface area contributed by atoms with Crippen molar-refractivity contribution in [3.63, 3.8) is 0 Å². The van der Waals surface area contributed by atoms with Crippen molar-refractivity contribution in [1.29, 1.82) is 0 Å². The molecule has 4 nitrogen and oxygen atoms in total. The van der Waals surface area contributed by atoms with E-state index in [2.05, 4.69) is 6.92 Å². The standard InChI is InChI=1S/C19H30N2O2/c1-5-6-10-13-20(17(4)22)15-19(23)21(16(2)3)14-18-11-8-7-9-12-18/h7-9,11-12,16H,5-6,10,13-15H2,1-4H3. The van der Waals surface area contributed by atoms with E-state index >= 15 is 0 Å². The van der Waals surface area contributed by atoms with E-state index in [-0.39, 0.29) is 24.4 Å². The molecule has 0 aliphatic carbocycles. The van der Waals surface area contributed by atoms with Crippen LogP contribution in [0.2, 0.25) is 0 Å². The lowest BCUT2D eigenvalue weighted by Crippen LogP contribution is -2.45. The molecule has 0 spiro atoms. The van der Waals surface area contributed by atoms with Crippen LogP contribution in [0.25, 0.3) is 0 Å². The first-order valence-corrected chi connectivity index (χ1v) is 8.54. The van der Waals surface area contributed by atoms with Crippen molar-refractivity contribution in [2.45, 2.75) is 59.5 Å². The summed E-state index contributed by atoms with van der Waals surface area (Å²) in [6.45, 7) is 9.10. The third kappa shape index (κ3) is 6.85. The number of carbonyl (C=O) groups is 2. The molecule has 0 aliphatic rings. The lowest BCUT2D eigenvalue weighted by molar-refractivity contribution is -0.141. The van der Waals surface area contributed by atoms with Crippen molar-refractivity contribution in [3.05, 3.63) is 35.9 Å². The Morgan fingerprint density at radius 1 is 1.09 bits per heavy atom. The molecule has 0 aliphatic heterocycles. The highest BCUT2D eigenvalue weighted by Gasteiger charge is 2.21. The van der Waals surface area contributed by atoms with Crippen LogP contribution < -0.4 is 0 Å². The second-order valence-corrected chi connectivity index (χ2v) is 6.25. The summed E-state index contributed by atoms with van der Waals surface area (Å²) in [6, 6.07) is 10.1. The molecule has 4 heteroatoms. The summed E-state index contributed by atoms with van der Waals surface area (Å²) in [6.07, 6.45) is 3.13. The zero-order valence-electron chi connectivity index (χ0n) is 14.9. The maximum Gasteiger partial charge on any atom is 0.242 e. The van der Waals surface area contributed by atoms with E-state index in [9.17, 15) is 9.59 Å². The number of nitrogens with zero attached hydrogens (tertiary/aromatic N) is 2. The number of rotatable bonds is 9. The number of amides is 2. The first kappa shape index (κ1) is 19.2. The van der Waals surface area contributed by atoms with E-state index in [0.29, 0.717) is 13.1 Å². The highest BCUT2D eigenvalue weighted by molar-refractivity contribution is 5.84. The van der Waals surface area contributed by atoms with Crippen LogP contribution in [0.1, 0.15) is 52.5 Å². The monoisotopic (exact) mass is 318 g/mol. The van der Waals surface area contributed by atoms with Crippen LogP contribution in [-0.2, 0) is 16.1 Å². The first-order valence-electron chi connectivity index (χ1n) is 8.54. The van der Waals surface area contributed by atoms with Crippen molar-refractivity contribution in [2.24, 2.45) is 0 Å². The molecule has 1 aromatic carbocycles. The van der Waals surface area contributed by atoms with Gasteiger partial charge in [-0.05, 0) is 25.8 Å². The molecule has 0 unspecified atom stereocenters. The highest BCUT2D eigenvalue weighted by Crippen LogP contribution is 2.10. The minimum absolute atomic E-state index is 0.00977. The van der Waals surface area contributed by atoms with Crippen LogP contribution in [-0.4, -0.2) is 40.7 Å². The van der Waals surface area contributed by atoms with E-state index in [1.807, 2.05) is 49.1 Å². The maximum absolute atomic E-state index is 12.7. The summed E-state index contributed by atoms with van der Waals surface area (Å²) in [4.78, 5) is 28.0. The van der Waals surface area contributed by atoms with Gasteiger partial charge >= 0.3 is 0 Å². The fourth-order valence-electron chi connectivity index (χ4n) is 2.49. The number of unbranched alkanes of at least 4 members (excludes halogenated alkanes) is 2. The third-order valence-electron chi connectivity index (χ3n) is 3.94. The van der Waals surface area contributed by atoms with Gasteiger partial charge in [-0.25, -0.2) is 0 Å². The number of benzene rings is 1. The molecule has 1 aromatic rings. The molecule has 23 heavy (non-hydrogen) atoms. The predicted octanol–water partition coefficient (Wildman–Crippen LogP) is 3.46. The Morgan fingerprint density at radius 3 is 2.26 bits per heavy atom. The van der Waals surface area contributed by atoms with Gasteiger partial charge in [-0.15, -0.1) is 0 Å². The van der Waals surface area contributed by atoms with Gasteiger partial charge in [0.25, 0.3) is 0 Å². The average Bonchev–Trinajstić information content (AvgIpc) is 2.52. The molecule has 0 aromatic heterocycles. The van der Waals surface area contributed by atoms with Crippen molar-refractivity contribution in [3.8, 4) is 0 Å². The van der Waals surface area contributed by atoms with Crippen molar-refractivity contribution >= 4 is 11.8 Å². The summed E-state index contributed by atoms with van der Waals surface area (Å²) >= 11 is 0. The summed E-state index contributed by atoms with van der Waals surface area (Å²) in [5, 5.41) is 0. The zero-order valence-corrected chi connectivity index (χ0v) is 14.9. The van der Waals surface area contributed by atoms with Crippen molar-refractivity contribution in [1.82, 2.24) is 9.80 Å². The Kier molecular flexibility index (Phi) is 8.38. The van der Waals surface area contributed by atoms with Gasteiger partial charge in [-0.1, -0.05) is 50.1 Å². The van der Waals surface area contributed by atoms with Crippen molar-refractivity contribution in [2.75, 3.05) is 13.1 Å². The summed E-state index contributed by atoms with van der Waals surface area (Å²) < 4.78 is 0. The topological polar surface area (TPSA) is 40.6 Å². The molecule has 2 amide bonds. The van der Waals surface area contributed by atoms with Gasteiger partial charge < -0.3 is 9.80 Å². The third-order valence-corrected chi connectivity index (χ3v) is 3.94. The Balaban J connectivity index is 2.70. The van der Waals surface area contributed by atoms with E-state index in [1.165, 1.54) is 6.92 Å². The Bertz CT molecular complexity index is 485. The van der Waals surface area contributed by atoms with Gasteiger partial charge in [0.15, 0.2) is 0 Å². The van der Waals surface area contributed by atoms with Crippen LogP contribution in [0.4, 0.5) is 0 Å².